The van der Waals surface area contributed by atoms with Gasteiger partial charge in [-0.25, -0.2) is 0 Å². The van der Waals surface area contributed by atoms with Crippen LogP contribution in [0.5, 0.6) is 0 Å². The van der Waals surface area contributed by atoms with Gasteiger partial charge in [-0.1, -0.05) is 60.7 Å². The molecule has 0 radical (unpaired) electrons. The number of hydrogen-bond donors (Lipinski definition) is 0. The smallest absolute Gasteiger partial charge is 0.0964 e. The molecule has 0 amide bonds. The Kier molecular flexibility index (Phi) is 4.78. The predicted molar refractivity (Wildman–Crippen MR) is 135 cm³/mol. The van der Waals surface area contributed by atoms with Crippen molar-refractivity contribution in [1.29, 1.82) is 0 Å². The van der Waals surface area contributed by atoms with Crippen molar-refractivity contribution in [2.75, 3.05) is 0 Å². The maximum Gasteiger partial charge on any atom is 0.0964 e. The van der Waals surface area contributed by atoms with Gasteiger partial charge < -0.3 is 0 Å². The molecular weight excluding hydrogens is 376 g/mol. The predicted octanol–water partition coefficient (Wildman–Crippen LogP) is 6.99. The Bertz CT molecular complexity index is 1540. The molecule has 0 bridgehead atoms. The molecule has 0 unspecified atom stereocenters. The van der Waals surface area contributed by atoms with Gasteiger partial charge in [-0.05, 0) is 77.2 Å². The van der Waals surface area contributed by atoms with E-state index < -0.39 is 0 Å². The summed E-state index contributed by atoms with van der Waals surface area (Å²) < 4.78 is 0. The van der Waals surface area contributed by atoms with Crippen molar-refractivity contribution >= 4 is 50.4 Å². The maximum absolute atomic E-state index is 5.05. The normalized spacial score (nSPS) is 12.7. The van der Waals surface area contributed by atoms with Gasteiger partial charge in [-0.2, -0.15) is 0 Å². The Morgan fingerprint density at radius 1 is 0.774 bits per heavy atom. The number of benzene rings is 4. The van der Waals surface area contributed by atoms with Crippen molar-refractivity contribution in [1.82, 2.24) is 4.98 Å². The fraction of sp³-hybridized carbons (Fsp3) is 0.172. The molecule has 2 heteroatoms. The average Bonchev–Trinajstić information content (AvgIpc) is 2.79. The van der Waals surface area contributed by atoms with E-state index in [1.165, 1.54) is 37.9 Å². The van der Waals surface area contributed by atoms with Gasteiger partial charge in [0, 0.05) is 23.7 Å². The van der Waals surface area contributed by atoms with E-state index in [-0.39, 0.29) is 0 Å². The van der Waals surface area contributed by atoms with Crippen LogP contribution in [0.15, 0.2) is 65.7 Å². The lowest BCUT2D eigenvalue weighted by atomic mass is 9.91. The van der Waals surface area contributed by atoms with Crippen LogP contribution in [0.2, 0.25) is 0 Å². The van der Waals surface area contributed by atoms with Crippen LogP contribution >= 0.6 is 0 Å². The molecule has 0 N–H and O–H groups in total. The van der Waals surface area contributed by atoms with Crippen LogP contribution in [0.25, 0.3) is 38.5 Å². The summed E-state index contributed by atoms with van der Waals surface area (Å²) in [5.74, 6) is 0. The first-order valence-corrected chi connectivity index (χ1v) is 10.9. The van der Waals surface area contributed by atoms with E-state index >= 15 is 0 Å². The summed E-state index contributed by atoms with van der Waals surface area (Å²) in [4.78, 5) is 9.65. The van der Waals surface area contributed by atoms with Gasteiger partial charge in [0.15, 0.2) is 0 Å². The molecular formula is C29H26N2. The van der Waals surface area contributed by atoms with E-state index in [0.717, 1.165) is 34.3 Å². The SMILES string of the molecule is CC=Nc1c(C)ccc2ccc(Cc3ccc4ccc(C)c5/c(=C\C)ccc3c45)nc12. The monoisotopic (exact) mass is 402 g/mol. The first-order valence-electron chi connectivity index (χ1n) is 10.9. The molecule has 0 atom stereocenters. The number of rotatable bonds is 3. The van der Waals surface area contributed by atoms with Crippen molar-refractivity contribution in [2.45, 2.75) is 34.1 Å². The van der Waals surface area contributed by atoms with Gasteiger partial charge in [0.05, 0.1) is 11.2 Å². The molecule has 0 aliphatic carbocycles. The number of fused-ring (bicyclic) bond motifs is 1. The second-order valence-electron chi connectivity index (χ2n) is 8.24. The molecule has 5 rings (SSSR count). The van der Waals surface area contributed by atoms with Crippen LogP contribution in [0.4, 0.5) is 5.69 Å². The van der Waals surface area contributed by atoms with Crippen LogP contribution in [0, 0.1) is 13.8 Å². The summed E-state index contributed by atoms with van der Waals surface area (Å²) in [7, 11) is 0. The Morgan fingerprint density at radius 2 is 1.52 bits per heavy atom. The highest BCUT2D eigenvalue weighted by atomic mass is 14.8. The zero-order chi connectivity index (χ0) is 21.5. The first kappa shape index (κ1) is 19.4. The van der Waals surface area contributed by atoms with Crippen molar-refractivity contribution in [2.24, 2.45) is 4.99 Å². The fourth-order valence-corrected chi connectivity index (χ4v) is 4.71. The van der Waals surface area contributed by atoms with Gasteiger partial charge >= 0.3 is 0 Å². The van der Waals surface area contributed by atoms with Gasteiger partial charge in [0.25, 0.3) is 0 Å². The third-order valence-electron chi connectivity index (χ3n) is 6.28. The van der Waals surface area contributed by atoms with Crippen LogP contribution in [0.3, 0.4) is 0 Å². The van der Waals surface area contributed by atoms with Crippen molar-refractivity contribution in [3.63, 3.8) is 0 Å². The highest BCUT2D eigenvalue weighted by Crippen LogP contribution is 2.32. The first-order chi connectivity index (χ1) is 15.1. The Balaban J connectivity index is 1.71. The molecule has 31 heavy (non-hydrogen) atoms. The number of aryl methyl sites for hydroxylation is 2. The molecule has 0 saturated carbocycles. The highest BCUT2D eigenvalue weighted by molar-refractivity contribution is 6.12. The molecule has 4 aromatic carbocycles. The average molecular weight is 403 g/mol. The summed E-state index contributed by atoms with van der Waals surface area (Å²) in [6.45, 7) is 8.37. The van der Waals surface area contributed by atoms with Gasteiger partial charge in [0.1, 0.15) is 0 Å². The minimum absolute atomic E-state index is 0.799. The van der Waals surface area contributed by atoms with Crippen molar-refractivity contribution in [3.8, 4) is 0 Å². The van der Waals surface area contributed by atoms with E-state index in [1.807, 2.05) is 13.1 Å². The summed E-state index contributed by atoms with van der Waals surface area (Å²) in [5, 5.41) is 7.77. The lowest BCUT2D eigenvalue weighted by Crippen LogP contribution is -2.04. The van der Waals surface area contributed by atoms with E-state index in [4.69, 9.17) is 4.98 Å². The van der Waals surface area contributed by atoms with Crippen LogP contribution in [0.1, 0.15) is 36.2 Å². The molecule has 1 aromatic heterocycles. The summed E-state index contributed by atoms with van der Waals surface area (Å²) >= 11 is 0. The lowest BCUT2D eigenvalue weighted by Gasteiger charge is -2.14. The fourth-order valence-electron chi connectivity index (χ4n) is 4.71. The lowest BCUT2D eigenvalue weighted by molar-refractivity contribution is 1.11. The van der Waals surface area contributed by atoms with Crippen LogP contribution in [-0.2, 0) is 6.42 Å². The summed E-state index contributed by atoms with van der Waals surface area (Å²) in [6.07, 6.45) is 4.85. The minimum atomic E-state index is 0.799. The molecule has 1 heterocycles. The minimum Gasteiger partial charge on any atom is -0.259 e. The van der Waals surface area contributed by atoms with E-state index in [2.05, 4.69) is 92.5 Å². The molecule has 152 valence electrons. The summed E-state index contributed by atoms with van der Waals surface area (Å²) in [6, 6.07) is 22.1. The number of hydrogen-bond acceptors (Lipinski definition) is 2. The van der Waals surface area contributed by atoms with Crippen LogP contribution < -0.4 is 5.22 Å². The maximum atomic E-state index is 5.05. The van der Waals surface area contributed by atoms with Gasteiger partial charge in [-0.3, -0.25) is 9.98 Å². The second kappa shape index (κ2) is 7.63. The third-order valence-corrected chi connectivity index (χ3v) is 6.28. The Hall–Kier alpha value is -3.52. The Labute approximate surface area is 183 Å². The number of aliphatic imine (C=N–C) groups is 1. The Morgan fingerprint density at radius 3 is 2.32 bits per heavy atom. The summed E-state index contributed by atoms with van der Waals surface area (Å²) in [5.41, 5.74) is 6.81. The van der Waals surface area contributed by atoms with E-state index in [0.29, 0.717) is 0 Å². The molecule has 0 saturated heterocycles. The number of pyridine rings is 1. The van der Waals surface area contributed by atoms with Crippen molar-refractivity contribution in [3.05, 3.63) is 88.3 Å². The van der Waals surface area contributed by atoms with Gasteiger partial charge in [0.2, 0.25) is 0 Å². The standard InChI is InChI=1S/C29H26N2/c1-5-20-14-16-25-23(12-11-21-9-7-18(3)26(20)27(21)25)17-24-15-13-22-10-8-19(4)28(30-6-2)29(22)31-24/h5-16H,17H2,1-4H3/b20-5-,30-6?. The molecule has 0 aliphatic rings. The third kappa shape index (κ3) is 3.19. The largest absolute Gasteiger partial charge is 0.259 e. The molecule has 2 nitrogen and oxygen atoms in total. The van der Waals surface area contributed by atoms with E-state index in [1.54, 1.807) is 0 Å². The zero-order valence-corrected chi connectivity index (χ0v) is 18.5. The number of aromatic nitrogens is 1. The molecule has 0 aliphatic heterocycles. The van der Waals surface area contributed by atoms with E-state index in [9.17, 15) is 0 Å². The van der Waals surface area contributed by atoms with Crippen LogP contribution in [-0.4, -0.2) is 11.2 Å². The second-order valence-corrected chi connectivity index (χ2v) is 8.24. The van der Waals surface area contributed by atoms with Gasteiger partial charge in [-0.15, -0.1) is 0 Å². The number of nitrogens with zero attached hydrogens (tertiary/aromatic N) is 2. The van der Waals surface area contributed by atoms with Crippen molar-refractivity contribution < 1.29 is 0 Å². The quantitative estimate of drug-likeness (QED) is 0.299. The molecule has 5 aromatic rings. The zero-order valence-electron chi connectivity index (χ0n) is 18.5. The molecule has 0 spiro atoms. The topological polar surface area (TPSA) is 25.2 Å². The highest BCUT2D eigenvalue weighted by Gasteiger charge is 2.12. The molecule has 0 fully saturated rings.